The lowest BCUT2D eigenvalue weighted by atomic mass is 10.1. The maximum absolute atomic E-state index is 11.9. The summed E-state index contributed by atoms with van der Waals surface area (Å²) in [5, 5.41) is 0. The summed E-state index contributed by atoms with van der Waals surface area (Å²) in [5.74, 6) is -0.864. The van der Waals surface area contributed by atoms with Crippen LogP contribution >= 0.6 is 0 Å². The van der Waals surface area contributed by atoms with Crippen LogP contribution in [-0.4, -0.2) is 43.5 Å². The van der Waals surface area contributed by atoms with Crippen molar-refractivity contribution in [3.8, 4) is 0 Å². The second-order valence-corrected chi connectivity index (χ2v) is 4.97. The van der Waals surface area contributed by atoms with Crippen molar-refractivity contribution in [3.63, 3.8) is 0 Å². The zero-order valence-electron chi connectivity index (χ0n) is 13.4. The standard InChI is InChI=1S/C17H17NO6/c1-18(10-14-4-3-9-23-14)15(19)11-24-17(21)13-7-5-12(6-8-13)16(20)22-2/h3-9H,10-11H2,1-2H3. The second-order valence-electron chi connectivity index (χ2n) is 4.97. The number of furan rings is 1. The fraction of sp³-hybridized carbons (Fsp3) is 0.235. The van der Waals surface area contributed by atoms with Gasteiger partial charge in [0.15, 0.2) is 6.61 Å². The van der Waals surface area contributed by atoms with E-state index in [0.29, 0.717) is 11.3 Å². The van der Waals surface area contributed by atoms with Crippen LogP contribution in [0.3, 0.4) is 0 Å². The number of likely N-dealkylation sites (N-methyl/N-ethyl adjacent to an activating group) is 1. The molecule has 0 aliphatic heterocycles. The topological polar surface area (TPSA) is 86.1 Å². The maximum atomic E-state index is 11.9. The van der Waals surface area contributed by atoms with Crippen LogP contribution in [0.2, 0.25) is 0 Å². The summed E-state index contributed by atoms with van der Waals surface area (Å²) >= 11 is 0. The van der Waals surface area contributed by atoms with Gasteiger partial charge in [-0.15, -0.1) is 0 Å². The molecule has 1 aromatic carbocycles. The number of carbonyl (C=O) groups is 3. The van der Waals surface area contributed by atoms with Crippen LogP contribution in [-0.2, 0) is 20.8 Å². The van der Waals surface area contributed by atoms with E-state index in [9.17, 15) is 14.4 Å². The van der Waals surface area contributed by atoms with Crippen molar-refractivity contribution < 1.29 is 28.3 Å². The van der Waals surface area contributed by atoms with Crippen molar-refractivity contribution in [2.45, 2.75) is 6.54 Å². The number of ether oxygens (including phenoxy) is 2. The summed E-state index contributed by atoms with van der Waals surface area (Å²) in [6.07, 6.45) is 1.52. The highest BCUT2D eigenvalue weighted by atomic mass is 16.5. The average molecular weight is 331 g/mol. The minimum Gasteiger partial charge on any atom is -0.467 e. The molecule has 0 atom stereocenters. The van der Waals surface area contributed by atoms with Gasteiger partial charge in [-0.3, -0.25) is 4.79 Å². The van der Waals surface area contributed by atoms with Gasteiger partial charge in [0.05, 0.1) is 31.0 Å². The van der Waals surface area contributed by atoms with Crippen LogP contribution in [0.15, 0.2) is 47.1 Å². The lowest BCUT2D eigenvalue weighted by Crippen LogP contribution is -2.30. The van der Waals surface area contributed by atoms with Crippen LogP contribution in [0.1, 0.15) is 26.5 Å². The van der Waals surface area contributed by atoms with Crippen molar-refractivity contribution in [1.29, 1.82) is 0 Å². The van der Waals surface area contributed by atoms with Gasteiger partial charge in [-0.1, -0.05) is 0 Å². The molecule has 0 radical (unpaired) electrons. The first-order valence-corrected chi connectivity index (χ1v) is 7.13. The molecule has 0 aliphatic carbocycles. The molecule has 24 heavy (non-hydrogen) atoms. The van der Waals surface area contributed by atoms with Gasteiger partial charge in [0.25, 0.3) is 5.91 Å². The molecule has 0 saturated carbocycles. The van der Waals surface area contributed by atoms with Gasteiger partial charge in [-0.2, -0.15) is 0 Å². The van der Waals surface area contributed by atoms with Crippen LogP contribution in [0.25, 0.3) is 0 Å². The van der Waals surface area contributed by atoms with Crippen molar-refractivity contribution in [2.24, 2.45) is 0 Å². The number of esters is 2. The third kappa shape index (κ3) is 4.45. The summed E-state index contributed by atoms with van der Waals surface area (Å²) in [7, 11) is 2.86. The molecule has 0 bridgehead atoms. The van der Waals surface area contributed by atoms with Crippen molar-refractivity contribution >= 4 is 17.8 Å². The molecule has 0 fully saturated rings. The molecule has 1 aromatic heterocycles. The van der Waals surface area contributed by atoms with Crippen molar-refractivity contribution in [3.05, 3.63) is 59.5 Å². The smallest absolute Gasteiger partial charge is 0.338 e. The fourth-order valence-electron chi connectivity index (χ4n) is 1.91. The summed E-state index contributed by atoms with van der Waals surface area (Å²) in [6, 6.07) is 9.25. The molecule has 2 rings (SSSR count). The van der Waals surface area contributed by atoms with E-state index in [1.807, 2.05) is 0 Å². The van der Waals surface area contributed by atoms with E-state index in [0.717, 1.165) is 0 Å². The van der Waals surface area contributed by atoms with E-state index in [1.54, 1.807) is 19.2 Å². The Morgan fingerprint density at radius 1 is 1.04 bits per heavy atom. The molecule has 7 nitrogen and oxygen atoms in total. The first-order chi connectivity index (χ1) is 11.5. The molecular formula is C17H17NO6. The molecule has 2 aromatic rings. The zero-order valence-corrected chi connectivity index (χ0v) is 13.4. The summed E-state index contributed by atoms with van der Waals surface area (Å²) in [4.78, 5) is 36.6. The molecule has 0 unspecified atom stereocenters. The number of methoxy groups -OCH3 is 1. The highest BCUT2D eigenvalue weighted by Crippen LogP contribution is 2.08. The van der Waals surface area contributed by atoms with Gasteiger partial charge >= 0.3 is 11.9 Å². The number of hydrogen-bond donors (Lipinski definition) is 0. The zero-order chi connectivity index (χ0) is 17.5. The van der Waals surface area contributed by atoms with Crippen molar-refractivity contribution in [2.75, 3.05) is 20.8 Å². The summed E-state index contributed by atoms with van der Waals surface area (Å²) in [5.41, 5.74) is 0.562. The highest BCUT2D eigenvalue weighted by molar-refractivity contribution is 5.94. The number of rotatable bonds is 6. The number of amides is 1. The van der Waals surface area contributed by atoms with Crippen LogP contribution in [0.5, 0.6) is 0 Å². The van der Waals surface area contributed by atoms with Crippen LogP contribution in [0, 0.1) is 0 Å². The third-order valence-corrected chi connectivity index (χ3v) is 3.27. The highest BCUT2D eigenvalue weighted by Gasteiger charge is 2.15. The minimum atomic E-state index is -0.647. The number of benzene rings is 1. The summed E-state index contributed by atoms with van der Waals surface area (Å²) < 4.78 is 14.7. The molecule has 0 saturated heterocycles. The Balaban J connectivity index is 1.85. The maximum Gasteiger partial charge on any atom is 0.338 e. The predicted octanol–water partition coefficient (Wildman–Crippen LogP) is 1.88. The van der Waals surface area contributed by atoms with Gasteiger partial charge in [-0.05, 0) is 36.4 Å². The first kappa shape index (κ1) is 17.3. The largest absolute Gasteiger partial charge is 0.467 e. The van der Waals surface area contributed by atoms with Crippen molar-refractivity contribution in [1.82, 2.24) is 4.90 Å². The molecule has 0 N–H and O–H groups in total. The van der Waals surface area contributed by atoms with Crippen LogP contribution < -0.4 is 0 Å². The molecule has 7 heteroatoms. The molecule has 1 heterocycles. The van der Waals surface area contributed by atoms with E-state index in [4.69, 9.17) is 9.15 Å². The summed E-state index contributed by atoms with van der Waals surface area (Å²) in [6.45, 7) is -0.0913. The lowest BCUT2D eigenvalue weighted by molar-refractivity contribution is -0.133. The van der Waals surface area contributed by atoms with Gasteiger partial charge in [0.1, 0.15) is 5.76 Å². The Morgan fingerprint density at radius 2 is 1.67 bits per heavy atom. The van der Waals surface area contributed by atoms with E-state index in [-0.39, 0.29) is 24.6 Å². The average Bonchev–Trinajstić information content (AvgIpc) is 3.11. The second kappa shape index (κ2) is 7.96. The molecule has 0 spiro atoms. The third-order valence-electron chi connectivity index (χ3n) is 3.27. The van der Waals surface area contributed by atoms with Gasteiger partial charge in [-0.25, -0.2) is 9.59 Å². The van der Waals surface area contributed by atoms with Gasteiger partial charge in [0, 0.05) is 7.05 Å². The monoisotopic (exact) mass is 331 g/mol. The Bertz CT molecular complexity index is 705. The molecule has 1 amide bonds. The molecular weight excluding hydrogens is 314 g/mol. The normalized spacial score (nSPS) is 10.1. The van der Waals surface area contributed by atoms with Gasteiger partial charge < -0.3 is 18.8 Å². The predicted molar refractivity (Wildman–Crippen MR) is 83.2 cm³/mol. The Labute approximate surface area is 138 Å². The number of hydrogen-bond acceptors (Lipinski definition) is 6. The minimum absolute atomic E-state index is 0.240. The number of carbonyl (C=O) groups excluding carboxylic acids is 3. The Morgan fingerprint density at radius 3 is 2.21 bits per heavy atom. The Kier molecular flexibility index (Phi) is 5.73. The van der Waals surface area contributed by atoms with Gasteiger partial charge in [0.2, 0.25) is 0 Å². The lowest BCUT2D eigenvalue weighted by Gasteiger charge is -2.15. The van der Waals surface area contributed by atoms with E-state index >= 15 is 0 Å². The van der Waals surface area contributed by atoms with E-state index < -0.39 is 11.9 Å². The van der Waals surface area contributed by atoms with E-state index in [2.05, 4.69) is 4.74 Å². The SMILES string of the molecule is COC(=O)c1ccc(C(=O)OCC(=O)N(C)Cc2ccco2)cc1. The first-order valence-electron chi connectivity index (χ1n) is 7.13. The van der Waals surface area contributed by atoms with Crippen LogP contribution in [0.4, 0.5) is 0 Å². The molecule has 126 valence electrons. The Hall–Kier alpha value is -3.09. The van der Waals surface area contributed by atoms with E-state index in [1.165, 1.54) is 42.5 Å². The molecule has 0 aliphatic rings. The number of nitrogens with zero attached hydrogens (tertiary/aromatic N) is 1. The fourth-order valence-corrected chi connectivity index (χ4v) is 1.91. The quantitative estimate of drug-likeness (QED) is 0.751.